The highest BCUT2D eigenvalue weighted by Crippen LogP contribution is 1.97. The van der Waals surface area contributed by atoms with Crippen molar-refractivity contribution in [2.24, 2.45) is 0 Å². The second-order valence-electron chi connectivity index (χ2n) is 1.67. The van der Waals surface area contributed by atoms with Gasteiger partial charge in [-0.1, -0.05) is 6.92 Å². The summed E-state index contributed by atoms with van der Waals surface area (Å²) in [4.78, 5) is 0. The Bertz CT molecular complexity index is 103. The van der Waals surface area contributed by atoms with Gasteiger partial charge in [0.25, 0.3) is 0 Å². The highest BCUT2D eigenvalue weighted by molar-refractivity contribution is 4.95. The minimum absolute atomic E-state index is 0.116. The molecule has 0 amide bonds. The van der Waals surface area contributed by atoms with Crippen LogP contribution in [0.3, 0.4) is 0 Å². The summed E-state index contributed by atoms with van der Waals surface area (Å²) in [6.45, 7) is 2.96. The normalized spacial score (nSPS) is 13.0. The zero-order valence-electron chi connectivity index (χ0n) is 5.30. The molecule has 0 radical (unpaired) electrons. The van der Waals surface area contributed by atoms with Crippen LogP contribution in [0.4, 0.5) is 0 Å². The van der Waals surface area contributed by atoms with E-state index in [2.05, 4.69) is 0 Å². The van der Waals surface area contributed by atoms with Crippen molar-refractivity contribution in [1.29, 1.82) is 0 Å². The van der Waals surface area contributed by atoms with Crippen LogP contribution in [-0.4, -0.2) is 17.3 Å². The van der Waals surface area contributed by atoms with Crippen LogP contribution in [0.5, 0.6) is 0 Å². The lowest BCUT2D eigenvalue weighted by Crippen LogP contribution is -2.15. The molecule has 0 heterocycles. The zero-order valence-corrected chi connectivity index (χ0v) is 5.30. The van der Waals surface area contributed by atoms with E-state index in [1.807, 2.05) is 0 Å². The summed E-state index contributed by atoms with van der Waals surface area (Å²) in [5, 5.41) is 19.7. The van der Waals surface area contributed by atoms with E-state index in [0.29, 0.717) is 5.70 Å². The highest BCUT2D eigenvalue weighted by atomic mass is 16.5. The minimum atomic E-state index is -0.116. The van der Waals surface area contributed by atoms with Gasteiger partial charge >= 0.3 is 0 Å². The number of nitrogens with zero attached hydrogens (tertiary/aromatic N) is 1. The van der Waals surface area contributed by atoms with Crippen molar-refractivity contribution in [1.82, 2.24) is 5.06 Å². The van der Waals surface area contributed by atoms with Gasteiger partial charge in [0.1, 0.15) is 0 Å². The summed E-state index contributed by atoms with van der Waals surface area (Å²) in [7, 11) is 1.41. The third-order valence-corrected chi connectivity index (χ3v) is 0.995. The Balaban J connectivity index is 4.00. The summed E-state index contributed by atoms with van der Waals surface area (Å²) in [6, 6.07) is 0. The average molecular weight is 116 g/mol. The first-order valence-corrected chi connectivity index (χ1v) is 2.32. The number of allylic oxidation sites excluding steroid dienone is 2. The zero-order chi connectivity index (χ0) is 6.73. The van der Waals surface area contributed by atoms with Gasteiger partial charge in [-0.25, -0.2) is 0 Å². The maximum atomic E-state index is 10.3. The van der Waals surface area contributed by atoms with Crippen LogP contribution >= 0.6 is 0 Å². The van der Waals surface area contributed by atoms with Crippen LogP contribution in [0.1, 0.15) is 13.8 Å². The molecule has 0 bridgehead atoms. The van der Waals surface area contributed by atoms with E-state index < -0.39 is 0 Å². The summed E-state index contributed by atoms with van der Waals surface area (Å²) in [6.07, 6.45) is 0. The molecule has 3 nitrogen and oxygen atoms in total. The lowest BCUT2D eigenvalue weighted by Gasteiger charge is -2.16. The number of rotatable bonds is 1. The fourth-order valence-corrected chi connectivity index (χ4v) is 0.228. The van der Waals surface area contributed by atoms with E-state index in [1.54, 1.807) is 6.92 Å². The van der Waals surface area contributed by atoms with Crippen molar-refractivity contribution in [2.45, 2.75) is 13.8 Å². The van der Waals surface area contributed by atoms with Crippen LogP contribution in [-0.2, 0) is 0 Å². The third kappa shape index (κ3) is 1.84. The van der Waals surface area contributed by atoms with Crippen LogP contribution in [0.15, 0.2) is 11.5 Å². The molecule has 0 aromatic rings. The Morgan fingerprint density at radius 2 is 1.88 bits per heavy atom. The lowest BCUT2D eigenvalue weighted by molar-refractivity contribution is -0.307. The number of hydroxylamine groups is 2. The molecule has 0 spiro atoms. The Morgan fingerprint density at radius 3 is 1.88 bits per heavy atom. The molecule has 0 aromatic heterocycles. The van der Waals surface area contributed by atoms with Crippen molar-refractivity contribution in [3.63, 3.8) is 0 Å². The second kappa shape index (κ2) is 2.57. The van der Waals surface area contributed by atoms with Gasteiger partial charge in [0.2, 0.25) is 0 Å². The molecule has 8 heavy (non-hydrogen) atoms. The van der Waals surface area contributed by atoms with Crippen molar-refractivity contribution in [3.8, 4) is 0 Å². The second-order valence-corrected chi connectivity index (χ2v) is 1.67. The third-order valence-electron chi connectivity index (χ3n) is 0.995. The Kier molecular flexibility index (Phi) is 2.34. The topological polar surface area (TPSA) is 46.5 Å². The van der Waals surface area contributed by atoms with E-state index >= 15 is 0 Å². The molecular weight excluding hydrogens is 106 g/mol. The van der Waals surface area contributed by atoms with Gasteiger partial charge in [-0.05, 0) is 6.92 Å². The molecule has 0 rings (SSSR count). The van der Waals surface area contributed by atoms with Gasteiger partial charge < -0.3 is 5.11 Å². The maximum absolute atomic E-state index is 10.3. The van der Waals surface area contributed by atoms with Crippen molar-refractivity contribution < 1.29 is 10.3 Å². The molecule has 0 fully saturated rings. The standard InChI is InChI=1S/C5H11NO2/c1-4(5(2)7)6(3)8/h7-8H,1-3H3/p-1/b5-4-. The summed E-state index contributed by atoms with van der Waals surface area (Å²) < 4.78 is 0. The largest absolute Gasteiger partial charge is 0.874 e. The molecule has 0 aliphatic carbocycles. The van der Waals surface area contributed by atoms with Crippen LogP contribution in [0.25, 0.3) is 0 Å². The first-order valence-electron chi connectivity index (χ1n) is 2.32. The average Bonchev–Trinajstić information content (AvgIpc) is 1.64. The fraction of sp³-hybridized carbons (Fsp3) is 0.600. The molecule has 0 aliphatic rings. The summed E-state index contributed by atoms with van der Waals surface area (Å²) in [5.74, 6) is -0.116. The van der Waals surface area contributed by atoms with Crippen molar-refractivity contribution in [3.05, 3.63) is 11.5 Å². The first kappa shape index (κ1) is 7.30. The summed E-state index contributed by atoms with van der Waals surface area (Å²) >= 11 is 0. The molecule has 0 saturated heterocycles. The number of hydrogen-bond donors (Lipinski definition) is 1. The van der Waals surface area contributed by atoms with E-state index in [0.717, 1.165) is 5.06 Å². The van der Waals surface area contributed by atoms with Gasteiger partial charge in [0, 0.05) is 12.7 Å². The smallest absolute Gasteiger partial charge is 0.0337 e. The Hall–Kier alpha value is -0.700. The summed E-state index contributed by atoms with van der Waals surface area (Å²) in [5.41, 5.74) is 0.352. The lowest BCUT2D eigenvalue weighted by atomic mass is 10.4. The monoisotopic (exact) mass is 116 g/mol. The molecule has 0 aromatic carbocycles. The van der Waals surface area contributed by atoms with Gasteiger partial charge in [-0.3, -0.25) is 10.3 Å². The molecular formula is C5H10NO2-. The molecule has 48 valence electrons. The molecule has 0 saturated carbocycles. The SMILES string of the molecule is C/C([O-])=C(\C)N(C)O. The highest BCUT2D eigenvalue weighted by Gasteiger charge is 1.88. The van der Waals surface area contributed by atoms with Crippen molar-refractivity contribution >= 4 is 0 Å². The molecule has 0 atom stereocenters. The Morgan fingerprint density at radius 1 is 1.50 bits per heavy atom. The van der Waals surface area contributed by atoms with Crippen molar-refractivity contribution in [2.75, 3.05) is 7.05 Å². The van der Waals surface area contributed by atoms with Gasteiger partial charge in [-0.2, -0.15) is 0 Å². The quantitative estimate of drug-likeness (QED) is 0.385. The predicted molar refractivity (Wildman–Crippen MR) is 27.9 cm³/mol. The molecule has 1 N–H and O–H groups in total. The van der Waals surface area contributed by atoms with E-state index in [1.165, 1.54) is 14.0 Å². The van der Waals surface area contributed by atoms with E-state index in [-0.39, 0.29) is 5.76 Å². The van der Waals surface area contributed by atoms with Gasteiger partial charge in [0.15, 0.2) is 0 Å². The van der Waals surface area contributed by atoms with Gasteiger partial charge in [0.05, 0.1) is 0 Å². The first-order chi connectivity index (χ1) is 3.55. The van der Waals surface area contributed by atoms with E-state index in [9.17, 15) is 5.11 Å². The minimum Gasteiger partial charge on any atom is -0.874 e. The molecule has 0 aliphatic heterocycles. The fourth-order valence-electron chi connectivity index (χ4n) is 0.228. The van der Waals surface area contributed by atoms with E-state index in [4.69, 9.17) is 5.21 Å². The van der Waals surface area contributed by atoms with Crippen LogP contribution in [0, 0.1) is 0 Å². The number of hydrogen-bond acceptors (Lipinski definition) is 3. The van der Waals surface area contributed by atoms with Crippen LogP contribution < -0.4 is 5.11 Å². The van der Waals surface area contributed by atoms with Crippen LogP contribution in [0.2, 0.25) is 0 Å². The molecule has 0 unspecified atom stereocenters. The predicted octanol–water partition coefficient (Wildman–Crippen LogP) is -0.0809. The maximum Gasteiger partial charge on any atom is 0.0337 e. The van der Waals surface area contributed by atoms with Gasteiger partial charge in [-0.15, -0.1) is 5.76 Å². The Labute approximate surface area is 48.8 Å². The molecule has 3 heteroatoms.